The molecule has 0 saturated heterocycles. The molecule has 2 aliphatic rings. The van der Waals surface area contributed by atoms with Gasteiger partial charge in [0.2, 0.25) is 0 Å². The van der Waals surface area contributed by atoms with Gasteiger partial charge in [-0.3, -0.25) is 9.59 Å². The minimum atomic E-state index is 0.0593. The molecule has 6 nitrogen and oxygen atoms in total. The van der Waals surface area contributed by atoms with E-state index in [1.165, 1.54) is 0 Å². The third-order valence-corrected chi connectivity index (χ3v) is 9.36. The molecule has 0 heterocycles. The minimum Gasteiger partial charge on any atom is -0.317 e. The van der Waals surface area contributed by atoms with E-state index >= 15 is 0 Å². The molecule has 0 spiro atoms. The summed E-state index contributed by atoms with van der Waals surface area (Å²) in [6.07, 6.45) is 15.4. The highest BCUT2D eigenvalue weighted by Crippen LogP contribution is 2.42. The molecule has 0 aromatic carbocycles. The lowest BCUT2D eigenvalue weighted by atomic mass is 9.64. The van der Waals surface area contributed by atoms with Gasteiger partial charge in [-0.15, -0.1) is 0 Å². The zero-order chi connectivity index (χ0) is 30.5. The second kappa shape index (κ2) is 17.7. The van der Waals surface area contributed by atoms with Crippen LogP contribution in [-0.4, -0.2) is 62.9 Å². The van der Waals surface area contributed by atoms with Gasteiger partial charge in [0.25, 0.3) is 0 Å². The van der Waals surface area contributed by atoms with Crippen molar-refractivity contribution < 1.29 is 9.59 Å². The molecule has 4 N–H and O–H groups in total. The van der Waals surface area contributed by atoms with Crippen molar-refractivity contribution in [2.75, 3.05) is 39.3 Å². The van der Waals surface area contributed by atoms with E-state index in [1.54, 1.807) is 0 Å². The summed E-state index contributed by atoms with van der Waals surface area (Å²) in [6.45, 7) is 23.5. The Balaban J connectivity index is 1.42. The Labute approximate surface area is 252 Å². The van der Waals surface area contributed by atoms with Crippen LogP contribution in [0.3, 0.4) is 0 Å². The number of ketones is 2. The SMILES string of the molecule is CC(CC(=O)C1C(C)C=CCC1(C)C)NCCCNCCCNCCCNC(C)CC(=O)C1C(C)C=CCC1(C)C. The monoisotopic (exact) mass is 573 g/mol. The minimum absolute atomic E-state index is 0.0593. The topological polar surface area (TPSA) is 82.3 Å². The Hall–Kier alpha value is -1.34. The molecule has 2 rings (SSSR count). The highest BCUT2D eigenvalue weighted by Gasteiger charge is 2.40. The molecule has 0 aromatic rings. The van der Waals surface area contributed by atoms with Crippen molar-refractivity contribution in [2.24, 2.45) is 34.5 Å². The van der Waals surface area contributed by atoms with E-state index in [2.05, 4.69) is 101 Å². The Kier molecular flexibility index (Phi) is 15.5. The molecule has 6 heteroatoms. The lowest BCUT2D eigenvalue weighted by Crippen LogP contribution is -2.40. The summed E-state index contributed by atoms with van der Waals surface area (Å²) >= 11 is 0. The van der Waals surface area contributed by atoms with Crippen molar-refractivity contribution in [2.45, 2.75) is 112 Å². The number of allylic oxidation sites excluding steroid dienone is 4. The first-order valence-electron chi connectivity index (χ1n) is 16.6. The highest BCUT2D eigenvalue weighted by molar-refractivity contribution is 5.83. The molecule has 0 aliphatic heterocycles. The highest BCUT2D eigenvalue weighted by atomic mass is 16.1. The first-order valence-corrected chi connectivity index (χ1v) is 16.6. The van der Waals surface area contributed by atoms with E-state index in [-0.39, 0.29) is 34.7 Å². The molecule has 0 fully saturated rings. The van der Waals surface area contributed by atoms with Gasteiger partial charge in [0.1, 0.15) is 11.6 Å². The lowest BCUT2D eigenvalue weighted by molar-refractivity contribution is -0.129. The van der Waals surface area contributed by atoms with E-state index in [9.17, 15) is 9.59 Å². The first-order chi connectivity index (χ1) is 19.3. The molecule has 41 heavy (non-hydrogen) atoms. The maximum atomic E-state index is 13.0. The van der Waals surface area contributed by atoms with Crippen LogP contribution in [0.5, 0.6) is 0 Å². The second-order valence-electron chi connectivity index (χ2n) is 14.5. The van der Waals surface area contributed by atoms with E-state index < -0.39 is 0 Å². The van der Waals surface area contributed by atoms with E-state index in [0.29, 0.717) is 36.2 Å². The Morgan fingerprint density at radius 2 is 1.00 bits per heavy atom. The molecule has 236 valence electrons. The standard InChI is InChI=1S/C35H64N4O2/c1-26-14-9-16-34(5,6)32(26)30(40)24-28(3)38-22-12-20-36-18-11-19-37-21-13-23-39-29(4)25-31(41)33-27(2)15-10-17-35(33,7)8/h9-10,14-15,26-29,32-33,36-39H,11-13,16-25H2,1-8H3. The fourth-order valence-electron chi connectivity index (χ4n) is 7.24. The van der Waals surface area contributed by atoms with E-state index in [0.717, 1.165) is 71.4 Å². The van der Waals surface area contributed by atoms with Gasteiger partial charge in [-0.25, -0.2) is 0 Å². The molecular formula is C35H64N4O2. The summed E-state index contributed by atoms with van der Waals surface area (Å²) in [5, 5.41) is 14.2. The van der Waals surface area contributed by atoms with Crippen LogP contribution >= 0.6 is 0 Å². The van der Waals surface area contributed by atoms with Gasteiger partial charge < -0.3 is 21.3 Å². The predicted octanol–water partition coefficient (Wildman–Crippen LogP) is 5.69. The average Bonchev–Trinajstić information content (AvgIpc) is 2.85. The van der Waals surface area contributed by atoms with Crippen LogP contribution < -0.4 is 21.3 Å². The molecule has 2 aliphatic carbocycles. The maximum Gasteiger partial charge on any atom is 0.138 e. The largest absolute Gasteiger partial charge is 0.317 e. The lowest BCUT2D eigenvalue weighted by Gasteiger charge is -2.39. The normalized spacial score (nSPS) is 26.5. The molecule has 0 aromatic heterocycles. The quantitative estimate of drug-likeness (QED) is 0.111. The average molecular weight is 573 g/mol. The van der Waals surface area contributed by atoms with Crippen LogP contribution in [0.25, 0.3) is 0 Å². The third kappa shape index (κ3) is 12.4. The van der Waals surface area contributed by atoms with Crippen LogP contribution in [0, 0.1) is 34.5 Å². The summed E-state index contributed by atoms with van der Waals surface area (Å²) < 4.78 is 0. The number of Topliss-reactive ketones (excluding diaryl/α,β-unsaturated/α-hetero) is 2. The van der Waals surface area contributed by atoms with E-state index in [1.807, 2.05) is 0 Å². The van der Waals surface area contributed by atoms with E-state index in [4.69, 9.17) is 0 Å². The number of carbonyl (C=O) groups excluding carboxylic acids is 2. The van der Waals surface area contributed by atoms with Crippen molar-refractivity contribution >= 4 is 11.6 Å². The summed E-state index contributed by atoms with van der Waals surface area (Å²) in [5.41, 5.74) is 0.119. The number of carbonyl (C=O) groups is 2. The van der Waals surface area contributed by atoms with Crippen LogP contribution in [0.4, 0.5) is 0 Å². The summed E-state index contributed by atoms with van der Waals surface area (Å²) in [6, 6.07) is 0.451. The number of nitrogens with one attached hydrogen (secondary N) is 4. The summed E-state index contributed by atoms with van der Waals surface area (Å²) in [7, 11) is 0. The number of rotatable bonds is 20. The molecular weight excluding hydrogens is 508 g/mol. The molecule has 6 atom stereocenters. The fraction of sp³-hybridized carbons (Fsp3) is 0.829. The molecule has 0 saturated carbocycles. The summed E-state index contributed by atoms with van der Waals surface area (Å²) in [5.74, 6) is 1.74. The van der Waals surface area contributed by atoms with Gasteiger partial charge in [0.15, 0.2) is 0 Å². The number of hydrogen-bond donors (Lipinski definition) is 4. The molecule has 6 unspecified atom stereocenters. The van der Waals surface area contributed by atoms with Crippen LogP contribution in [0.15, 0.2) is 24.3 Å². The van der Waals surface area contributed by atoms with Crippen LogP contribution in [-0.2, 0) is 9.59 Å². The molecule has 0 radical (unpaired) electrons. The molecule has 0 bridgehead atoms. The van der Waals surface area contributed by atoms with Gasteiger partial charge in [0, 0.05) is 36.8 Å². The Bertz CT molecular complexity index is 781. The van der Waals surface area contributed by atoms with Crippen molar-refractivity contribution in [3.05, 3.63) is 24.3 Å². The van der Waals surface area contributed by atoms with Gasteiger partial charge in [-0.1, -0.05) is 65.8 Å². The van der Waals surface area contributed by atoms with Crippen molar-refractivity contribution in [1.29, 1.82) is 0 Å². The number of hydrogen-bond acceptors (Lipinski definition) is 6. The van der Waals surface area contributed by atoms with Gasteiger partial charge in [-0.2, -0.15) is 0 Å². The van der Waals surface area contributed by atoms with Crippen LogP contribution in [0.1, 0.15) is 100 Å². The Morgan fingerprint density at radius 3 is 1.34 bits per heavy atom. The zero-order valence-corrected chi connectivity index (χ0v) is 27.8. The summed E-state index contributed by atoms with van der Waals surface area (Å²) in [4.78, 5) is 26.0. The smallest absolute Gasteiger partial charge is 0.138 e. The third-order valence-electron chi connectivity index (χ3n) is 9.36. The van der Waals surface area contributed by atoms with Gasteiger partial charge in [0.05, 0.1) is 0 Å². The van der Waals surface area contributed by atoms with Crippen molar-refractivity contribution in [3.63, 3.8) is 0 Å². The van der Waals surface area contributed by atoms with Crippen LogP contribution in [0.2, 0.25) is 0 Å². The van der Waals surface area contributed by atoms with Crippen molar-refractivity contribution in [3.8, 4) is 0 Å². The second-order valence-corrected chi connectivity index (χ2v) is 14.5. The first kappa shape index (κ1) is 35.9. The maximum absolute atomic E-state index is 13.0. The fourth-order valence-corrected chi connectivity index (χ4v) is 7.24. The Morgan fingerprint density at radius 1 is 0.659 bits per heavy atom. The predicted molar refractivity (Wildman–Crippen MR) is 174 cm³/mol. The van der Waals surface area contributed by atoms with Gasteiger partial charge >= 0.3 is 0 Å². The van der Waals surface area contributed by atoms with Gasteiger partial charge in [-0.05, 0) is 108 Å². The van der Waals surface area contributed by atoms with Crippen molar-refractivity contribution in [1.82, 2.24) is 21.3 Å². The molecule has 0 amide bonds. The zero-order valence-electron chi connectivity index (χ0n) is 27.8.